The molecule has 0 aromatic heterocycles. The fraction of sp³-hybridized carbons (Fsp3) is 0.684. The van der Waals surface area contributed by atoms with Gasteiger partial charge in [0.2, 0.25) is 0 Å². The van der Waals surface area contributed by atoms with Crippen molar-refractivity contribution in [1.29, 1.82) is 0 Å². The zero-order chi connectivity index (χ0) is 14.2. The SMILES string of the molecule is FC(CNCC1C2CC3CC(C2)CC1C3)c1ccccc1. The molecule has 4 saturated carbocycles. The molecule has 1 N–H and O–H groups in total. The maximum absolute atomic E-state index is 14.2. The van der Waals surface area contributed by atoms with E-state index in [0.29, 0.717) is 6.54 Å². The minimum Gasteiger partial charge on any atom is -0.313 e. The summed E-state index contributed by atoms with van der Waals surface area (Å²) < 4.78 is 14.2. The van der Waals surface area contributed by atoms with Crippen LogP contribution in [0.15, 0.2) is 30.3 Å². The molecule has 1 unspecified atom stereocenters. The van der Waals surface area contributed by atoms with E-state index in [4.69, 9.17) is 0 Å². The highest BCUT2D eigenvalue weighted by Crippen LogP contribution is 2.56. The largest absolute Gasteiger partial charge is 0.313 e. The zero-order valence-electron chi connectivity index (χ0n) is 12.7. The second-order valence-electron chi connectivity index (χ2n) is 7.63. The maximum Gasteiger partial charge on any atom is 0.137 e. The molecule has 21 heavy (non-hydrogen) atoms. The molecular weight excluding hydrogens is 261 g/mol. The molecule has 1 aromatic carbocycles. The highest BCUT2D eigenvalue weighted by atomic mass is 19.1. The monoisotopic (exact) mass is 287 g/mol. The minimum atomic E-state index is -0.872. The lowest BCUT2D eigenvalue weighted by atomic mass is 9.52. The molecule has 4 aliphatic carbocycles. The van der Waals surface area contributed by atoms with Gasteiger partial charge in [-0.2, -0.15) is 0 Å². The van der Waals surface area contributed by atoms with Gasteiger partial charge >= 0.3 is 0 Å². The van der Waals surface area contributed by atoms with Gasteiger partial charge in [0.25, 0.3) is 0 Å². The Morgan fingerprint density at radius 1 is 0.952 bits per heavy atom. The van der Waals surface area contributed by atoms with Crippen molar-refractivity contribution in [3.63, 3.8) is 0 Å². The summed E-state index contributed by atoms with van der Waals surface area (Å²) in [5.74, 6) is 4.75. The van der Waals surface area contributed by atoms with Gasteiger partial charge in [0, 0.05) is 6.54 Å². The first-order valence-electron chi connectivity index (χ1n) is 8.69. The number of benzene rings is 1. The van der Waals surface area contributed by atoms with Crippen LogP contribution >= 0.6 is 0 Å². The van der Waals surface area contributed by atoms with Gasteiger partial charge in [-0.25, -0.2) is 4.39 Å². The lowest BCUT2D eigenvalue weighted by Gasteiger charge is -2.54. The molecule has 2 heteroatoms. The second-order valence-corrected chi connectivity index (χ2v) is 7.63. The van der Waals surface area contributed by atoms with Gasteiger partial charge in [0.15, 0.2) is 0 Å². The number of hydrogen-bond donors (Lipinski definition) is 1. The first-order valence-corrected chi connectivity index (χ1v) is 8.69. The van der Waals surface area contributed by atoms with Crippen LogP contribution in [0.1, 0.15) is 43.8 Å². The molecule has 0 amide bonds. The standard InChI is InChI=1S/C19H26FN/c20-19(15-4-2-1-3-5-15)12-21-11-18-16-7-13-6-14(9-16)10-17(18)8-13/h1-5,13-14,16-19,21H,6-12H2. The average molecular weight is 287 g/mol. The summed E-state index contributed by atoms with van der Waals surface area (Å²) in [5.41, 5.74) is 0.801. The first-order chi connectivity index (χ1) is 10.3. The van der Waals surface area contributed by atoms with Crippen LogP contribution < -0.4 is 5.32 Å². The van der Waals surface area contributed by atoms with Gasteiger partial charge in [-0.05, 0) is 73.8 Å². The van der Waals surface area contributed by atoms with E-state index in [-0.39, 0.29) is 0 Å². The van der Waals surface area contributed by atoms with Gasteiger partial charge < -0.3 is 5.32 Å². The predicted octanol–water partition coefficient (Wildman–Crippen LogP) is 4.36. The molecule has 114 valence electrons. The Labute approximate surface area is 127 Å². The fourth-order valence-electron chi connectivity index (χ4n) is 5.53. The molecule has 0 saturated heterocycles. The molecule has 5 rings (SSSR count). The van der Waals surface area contributed by atoms with Crippen molar-refractivity contribution in [1.82, 2.24) is 5.32 Å². The van der Waals surface area contributed by atoms with Gasteiger partial charge in [0.05, 0.1) is 0 Å². The number of alkyl halides is 1. The second kappa shape index (κ2) is 5.72. The van der Waals surface area contributed by atoms with Crippen molar-refractivity contribution in [3.8, 4) is 0 Å². The van der Waals surface area contributed by atoms with Crippen molar-refractivity contribution in [2.24, 2.45) is 29.6 Å². The van der Waals surface area contributed by atoms with Crippen molar-refractivity contribution in [3.05, 3.63) is 35.9 Å². The molecule has 0 heterocycles. The summed E-state index contributed by atoms with van der Waals surface area (Å²) >= 11 is 0. The molecule has 1 nitrogen and oxygen atoms in total. The third kappa shape index (κ3) is 2.75. The molecule has 0 radical (unpaired) electrons. The molecule has 4 aliphatic rings. The Morgan fingerprint density at radius 3 is 2.19 bits per heavy atom. The summed E-state index contributed by atoms with van der Waals surface area (Å²) in [4.78, 5) is 0. The van der Waals surface area contributed by atoms with Crippen LogP contribution in [-0.4, -0.2) is 13.1 Å². The van der Waals surface area contributed by atoms with Crippen molar-refractivity contribution in [2.45, 2.75) is 38.3 Å². The number of halogens is 1. The number of hydrogen-bond acceptors (Lipinski definition) is 1. The lowest BCUT2D eigenvalue weighted by Crippen LogP contribution is -2.48. The third-order valence-electron chi connectivity index (χ3n) is 6.29. The lowest BCUT2D eigenvalue weighted by molar-refractivity contribution is -0.0357. The molecule has 4 bridgehead atoms. The van der Waals surface area contributed by atoms with E-state index in [1.54, 1.807) is 0 Å². The van der Waals surface area contributed by atoms with Crippen LogP contribution in [0.5, 0.6) is 0 Å². The summed E-state index contributed by atoms with van der Waals surface area (Å²) in [6.07, 6.45) is 6.46. The van der Waals surface area contributed by atoms with E-state index >= 15 is 0 Å². The van der Waals surface area contributed by atoms with Crippen molar-refractivity contribution < 1.29 is 4.39 Å². The molecular formula is C19H26FN. The van der Waals surface area contributed by atoms with E-state index in [1.807, 2.05) is 30.3 Å². The highest BCUT2D eigenvalue weighted by Gasteiger charge is 2.47. The molecule has 1 atom stereocenters. The Hall–Kier alpha value is -0.890. The third-order valence-corrected chi connectivity index (χ3v) is 6.29. The summed E-state index contributed by atoms with van der Waals surface area (Å²) in [6.45, 7) is 1.49. The van der Waals surface area contributed by atoms with Crippen LogP contribution in [0.3, 0.4) is 0 Å². The molecule has 0 spiro atoms. The molecule has 1 aromatic rings. The number of nitrogens with one attached hydrogen (secondary N) is 1. The molecule has 0 aliphatic heterocycles. The predicted molar refractivity (Wildman–Crippen MR) is 83.7 cm³/mol. The minimum absolute atomic E-state index is 0.465. The van der Waals surface area contributed by atoms with Gasteiger partial charge in [-0.3, -0.25) is 0 Å². The smallest absolute Gasteiger partial charge is 0.137 e. The Morgan fingerprint density at radius 2 is 1.57 bits per heavy atom. The van der Waals surface area contributed by atoms with E-state index < -0.39 is 6.17 Å². The highest BCUT2D eigenvalue weighted by molar-refractivity contribution is 5.17. The van der Waals surface area contributed by atoms with Gasteiger partial charge in [-0.1, -0.05) is 30.3 Å². The van der Waals surface area contributed by atoms with E-state index in [2.05, 4.69) is 5.32 Å². The number of rotatable bonds is 5. The topological polar surface area (TPSA) is 12.0 Å². The van der Waals surface area contributed by atoms with E-state index in [9.17, 15) is 4.39 Å². The van der Waals surface area contributed by atoms with Gasteiger partial charge in [0.1, 0.15) is 6.17 Å². The Kier molecular flexibility index (Phi) is 3.74. The van der Waals surface area contributed by atoms with Crippen LogP contribution in [0.4, 0.5) is 4.39 Å². The summed E-state index contributed by atoms with van der Waals surface area (Å²) in [5, 5.41) is 3.44. The van der Waals surface area contributed by atoms with E-state index in [0.717, 1.165) is 41.7 Å². The van der Waals surface area contributed by atoms with Crippen LogP contribution in [0.2, 0.25) is 0 Å². The quantitative estimate of drug-likeness (QED) is 0.848. The van der Waals surface area contributed by atoms with E-state index in [1.165, 1.54) is 32.1 Å². The summed E-state index contributed by atoms with van der Waals surface area (Å²) in [7, 11) is 0. The normalized spacial score (nSPS) is 38.6. The van der Waals surface area contributed by atoms with Crippen LogP contribution in [-0.2, 0) is 0 Å². The fourth-order valence-corrected chi connectivity index (χ4v) is 5.53. The average Bonchev–Trinajstić information content (AvgIpc) is 2.50. The van der Waals surface area contributed by atoms with Crippen LogP contribution in [0, 0.1) is 29.6 Å². The first kappa shape index (κ1) is 13.8. The van der Waals surface area contributed by atoms with Crippen LogP contribution in [0.25, 0.3) is 0 Å². The Bertz CT molecular complexity index is 444. The zero-order valence-corrected chi connectivity index (χ0v) is 12.7. The van der Waals surface area contributed by atoms with Crippen molar-refractivity contribution >= 4 is 0 Å². The van der Waals surface area contributed by atoms with Gasteiger partial charge in [-0.15, -0.1) is 0 Å². The maximum atomic E-state index is 14.2. The molecule has 4 fully saturated rings. The Balaban J connectivity index is 1.29. The van der Waals surface area contributed by atoms with Crippen molar-refractivity contribution in [2.75, 3.05) is 13.1 Å². The summed E-state index contributed by atoms with van der Waals surface area (Å²) in [6, 6.07) is 9.54.